The van der Waals surface area contributed by atoms with E-state index in [0.717, 1.165) is 11.3 Å². The number of amides is 1. The smallest absolute Gasteiger partial charge is 0.305 e. The number of benzene rings is 1. The number of carbonyl (C=O) groups excluding carboxylic acids is 1. The molecule has 1 atom stereocenters. The van der Waals surface area contributed by atoms with Gasteiger partial charge in [0.2, 0.25) is 0 Å². The molecule has 6 nitrogen and oxygen atoms in total. The molecule has 0 spiro atoms. The summed E-state index contributed by atoms with van der Waals surface area (Å²) in [6.07, 6.45) is 1.78. The van der Waals surface area contributed by atoms with E-state index in [9.17, 15) is 9.59 Å². The Kier molecular flexibility index (Phi) is 4.99. The van der Waals surface area contributed by atoms with Crippen LogP contribution in [0.15, 0.2) is 23.8 Å². The van der Waals surface area contributed by atoms with E-state index < -0.39 is 5.97 Å². The van der Waals surface area contributed by atoms with Crippen molar-refractivity contribution < 1.29 is 24.2 Å². The summed E-state index contributed by atoms with van der Waals surface area (Å²) in [6.45, 7) is 0.722. The Morgan fingerprint density at radius 2 is 2.29 bits per heavy atom. The molecule has 1 N–H and O–H groups in total. The molecule has 128 valence electrons. The van der Waals surface area contributed by atoms with Gasteiger partial charge in [-0.2, -0.15) is 11.8 Å². The number of fused-ring (bicyclic) bond motifs is 1. The molecule has 0 saturated carbocycles. The number of para-hydroxylation sites is 1. The lowest BCUT2D eigenvalue weighted by Crippen LogP contribution is -2.48. The number of hydrogen-bond donors (Lipinski definition) is 1. The van der Waals surface area contributed by atoms with Gasteiger partial charge >= 0.3 is 5.97 Å². The normalized spacial score (nSPS) is 19.8. The Labute approximate surface area is 144 Å². The fourth-order valence-electron chi connectivity index (χ4n) is 2.94. The minimum Gasteiger partial charge on any atom is -0.493 e. The minimum atomic E-state index is -0.885. The summed E-state index contributed by atoms with van der Waals surface area (Å²) in [4.78, 5) is 25.6. The fraction of sp³-hybridized carbons (Fsp3) is 0.412. The van der Waals surface area contributed by atoms with E-state index in [1.807, 2.05) is 24.3 Å². The average molecular weight is 349 g/mol. The largest absolute Gasteiger partial charge is 0.493 e. The van der Waals surface area contributed by atoms with E-state index in [4.69, 9.17) is 14.6 Å². The fourth-order valence-corrected chi connectivity index (χ4v) is 4.00. The first-order valence-corrected chi connectivity index (χ1v) is 8.86. The Hall–Kier alpha value is -2.15. The zero-order chi connectivity index (χ0) is 17.1. The van der Waals surface area contributed by atoms with E-state index in [1.54, 1.807) is 23.8 Å². The van der Waals surface area contributed by atoms with Crippen LogP contribution in [0.1, 0.15) is 12.0 Å². The highest BCUT2D eigenvalue weighted by atomic mass is 32.2. The summed E-state index contributed by atoms with van der Waals surface area (Å²) in [5, 5.41) is 9.06. The molecule has 2 aliphatic rings. The summed E-state index contributed by atoms with van der Waals surface area (Å²) in [7, 11) is 1.57. The van der Waals surface area contributed by atoms with Crippen LogP contribution in [0.3, 0.4) is 0 Å². The maximum absolute atomic E-state index is 12.9. The number of methoxy groups -OCH3 is 1. The highest BCUT2D eigenvalue weighted by molar-refractivity contribution is 7.99. The van der Waals surface area contributed by atoms with Crippen molar-refractivity contribution in [2.45, 2.75) is 12.5 Å². The third-order valence-corrected chi connectivity index (χ3v) is 5.20. The average Bonchev–Trinajstić information content (AvgIpc) is 2.60. The lowest BCUT2D eigenvalue weighted by molar-refractivity contribution is -0.139. The van der Waals surface area contributed by atoms with Crippen molar-refractivity contribution in [1.82, 2.24) is 4.90 Å². The third-order valence-electron chi connectivity index (χ3n) is 4.10. The summed E-state index contributed by atoms with van der Waals surface area (Å²) in [6, 6.07) is 5.24. The van der Waals surface area contributed by atoms with Crippen LogP contribution in [0, 0.1) is 0 Å². The second kappa shape index (κ2) is 7.17. The molecular weight excluding hydrogens is 330 g/mol. The summed E-state index contributed by atoms with van der Waals surface area (Å²) in [5.74, 6) is 1.71. The van der Waals surface area contributed by atoms with Crippen molar-refractivity contribution in [3.8, 4) is 11.5 Å². The van der Waals surface area contributed by atoms with Gasteiger partial charge in [0.05, 0.1) is 25.1 Å². The molecule has 0 bridgehead atoms. The molecule has 1 aromatic rings. The summed E-state index contributed by atoms with van der Waals surface area (Å²) >= 11 is 1.68. The van der Waals surface area contributed by atoms with Gasteiger partial charge in [0.25, 0.3) is 5.91 Å². The van der Waals surface area contributed by atoms with Crippen LogP contribution in [0.2, 0.25) is 0 Å². The minimum absolute atomic E-state index is 0.0305. The molecule has 3 rings (SSSR count). The third kappa shape index (κ3) is 3.36. The van der Waals surface area contributed by atoms with Crippen LogP contribution in [0.5, 0.6) is 11.5 Å². The molecule has 2 aliphatic heterocycles. The second-order valence-corrected chi connectivity index (χ2v) is 6.81. The lowest BCUT2D eigenvalue weighted by atomic mass is 10.0. The monoisotopic (exact) mass is 349 g/mol. The molecule has 0 aliphatic carbocycles. The van der Waals surface area contributed by atoms with Crippen molar-refractivity contribution in [2.75, 3.05) is 31.8 Å². The SMILES string of the molecule is COc1cccc2c1OCC(C(=O)N1CCSCC1CC(=O)O)=C2. The zero-order valence-electron chi connectivity index (χ0n) is 13.4. The Morgan fingerprint density at radius 3 is 3.04 bits per heavy atom. The molecule has 0 aromatic heterocycles. The van der Waals surface area contributed by atoms with Crippen LogP contribution >= 0.6 is 11.8 Å². The molecule has 2 heterocycles. The van der Waals surface area contributed by atoms with Crippen LogP contribution < -0.4 is 9.47 Å². The molecule has 1 unspecified atom stereocenters. The number of thioether (sulfide) groups is 1. The molecule has 0 radical (unpaired) electrons. The number of rotatable bonds is 4. The molecular formula is C17H19NO5S. The second-order valence-electron chi connectivity index (χ2n) is 5.66. The van der Waals surface area contributed by atoms with Crippen LogP contribution in [-0.2, 0) is 9.59 Å². The van der Waals surface area contributed by atoms with Crippen molar-refractivity contribution in [1.29, 1.82) is 0 Å². The number of ether oxygens (including phenoxy) is 2. The van der Waals surface area contributed by atoms with Crippen molar-refractivity contribution in [2.24, 2.45) is 0 Å². The lowest BCUT2D eigenvalue weighted by Gasteiger charge is -2.35. The Bertz CT molecular complexity index is 688. The number of aliphatic carboxylic acids is 1. The molecule has 7 heteroatoms. The van der Waals surface area contributed by atoms with Gasteiger partial charge in [-0.25, -0.2) is 0 Å². The number of nitrogens with zero attached hydrogens (tertiary/aromatic N) is 1. The first-order valence-electron chi connectivity index (χ1n) is 7.71. The van der Waals surface area contributed by atoms with Gasteiger partial charge < -0.3 is 19.5 Å². The standard InChI is InChI=1S/C17H19NO5S/c1-22-14-4-2-3-11-7-12(9-23-16(11)14)17(21)18-5-6-24-10-13(18)8-15(19)20/h2-4,7,13H,5-6,8-10H2,1H3,(H,19,20). The van der Waals surface area contributed by atoms with E-state index in [1.165, 1.54) is 0 Å². The Morgan fingerprint density at radius 1 is 1.46 bits per heavy atom. The summed E-state index contributed by atoms with van der Waals surface area (Å²) in [5.41, 5.74) is 1.34. The van der Waals surface area contributed by atoms with Gasteiger partial charge in [-0.15, -0.1) is 0 Å². The van der Waals surface area contributed by atoms with Crippen molar-refractivity contribution >= 4 is 29.7 Å². The topological polar surface area (TPSA) is 76.1 Å². The van der Waals surface area contributed by atoms with E-state index >= 15 is 0 Å². The number of carbonyl (C=O) groups is 2. The Balaban J connectivity index is 1.84. The molecule has 24 heavy (non-hydrogen) atoms. The van der Waals surface area contributed by atoms with Crippen molar-refractivity contribution in [3.63, 3.8) is 0 Å². The molecule has 1 amide bonds. The quantitative estimate of drug-likeness (QED) is 0.895. The number of carboxylic acid groups (broad SMARTS) is 1. The predicted molar refractivity (Wildman–Crippen MR) is 91.5 cm³/mol. The molecule has 1 saturated heterocycles. The first-order chi connectivity index (χ1) is 11.6. The van der Waals surface area contributed by atoms with Gasteiger partial charge in [-0.1, -0.05) is 12.1 Å². The van der Waals surface area contributed by atoms with Gasteiger partial charge in [0, 0.05) is 23.6 Å². The maximum atomic E-state index is 12.9. The zero-order valence-corrected chi connectivity index (χ0v) is 14.2. The first kappa shape index (κ1) is 16.7. The molecule has 1 aromatic carbocycles. The highest BCUT2D eigenvalue weighted by Crippen LogP contribution is 2.36. The number of carboxylic acids is 1. The van der Waals surface area contributed by atoms with Crippen LogP contribution in [0.25, 0.3) is 6.08 Å². The van der Waals surface area contributed by atoms with Gasteiger partial charge in [-0.05, 0) is 12.1 Å². The van der Waals surface area contributed by atoms with Crippen molar-refractivity contribution in [3.05, 3.63) is 29.3 Å². The highest BCUT2D eigenvalue weighted by Gasteiger charge is 2.32. The van der Waals surface area contributed by atoms with E-state index in [0.29, 0.717) is 29.4 Å². The van der Waals surface area contributed by atoms with E-state index in [2.05, 4.69) is 0 Å². The van der Waals surface area contributed by atoms with Crippen LogP contribution in [0.4, 0.5) is 0 Å². The predicted octanol–water partition coefficient (Wildman–Crippen LogP) is 1.89. The van der Waals surface area contributed by atoms with E-state index in [-0.39, 0.29) is 25.0 Å². The maximum Gasteiger partial charge on any atom is 0.305 e. The van der Waals surface area contributed by atoms with Gasteiger partial charge in [0.1, 0.15) is 6.61 Å². The number of hydrogen-bond acceptors (Lipinski definition) is 5. The van der Waals surface area contributed by atoms with Gasteiger partial charge in [0.15, 0.2) is 11.5 Å². The molecule has 1 fully saturated rings. The summed E-state index contributed by atoms with van der Waals surface area (Å²) < 4.78 is 11.0. The van der Waals surface area contributed by atoms with Gasteiger partial charge in [-0.3, -0.25) is 9.59 Å². The van der Waals surface area contributed by atoms with Crippen LogP contribution in [-0.4, -0.2) is 59.7 Å².